The van der Waals surface area contributed by atoms with Crippen molar-refractivity contribution in [2.24, 2.45) is 0 Å². The molecule has 0 bridgehead atoms. The second kappa shape index (κ2) is 5.13. The summed E-state index contributed by atoms with van der Waals surface area (Å²) in [6, 6.07) is 0. The van der Waals surface area contributed by atoms with E-state index in [0.717, 1.165) is 0 Å². The minimum absolute atomic E-state index is 0.0187. The van der Waals surface area contributed by atoms with Gasteiger partial charge in [-0.2, -0.15) is 0 Å². The topological polar surface area (TPSA) is 99.1 Å². The highest BCUT2D eigenvalue weighted by atomic mass is 16.6. The molecule has 96 valence electrons. The zero-order chi connectivity index (χ0) is 13.1. The summed E-state index contributed by atoms with van der Waals surface area (Å²) in [6.45, 7) is 3.16. The third-order valence-corrected chi connectivity index (χ3v) is 2.23. The molecule has 17 heavy (non-hydrogen) atoms. The van der Waals surface area contributed by atoms with Crippen molar-refractivity contribution in [2.75, 3.05) is 13.2 Å². The molecule has 0 aromatic carbocycles. The lowest BCUT2D eigenvalue weighted by Crippen LogP contribution is -2.51. The lowest BCUT2D eigenvalue weighted by molar-refractivity contribution is -0.183. The number of hydrogen-bond acceptors (Lipinski definition) is 7. The summed E-state index contributed by atoms with van der Waals surface area (Å²) < 4.78 is 13.8. The zero-order valence-electron chi connectivity index (χ0n) is 9.60. The third kappa shape index (κ3) is 2.55. The molecule has 0 amide bonds. The first-order valence-electron chi connectivity index (χ1n) is 5.21. The Bertz CT molecular complexity index is 338. The first kappa shape index (κ1) is 13.4. The molecule has 1 aliphatic rings. The fraction of sp³-hybridized carbons (Fsp3) is 0.700. The largest absolute Gasteiger partial charge is 0.464 e. The van der Waals surface area contributed by atoms with Gasteiger partial charge < -0.3 is 19.3 Å². The highest BCUT2D eigenvalue weighted by molar-refractivity contribution is 5.97. The molecular formula is C10H14O7. The van der Waals surface area contributed by atoms with Crippen molar-refractivity contribution >= 4 is 17.9 Å². The van der Waals surface area contributed by atoms with Gasteiger partial charge in [0.15, 0.2) is 0 Å². The number of aliphatic hydroxyl groups is 1. The van der Waals surface area contributed by atoms with Crippen molar-refractivity contribution < 1.29 is 33.7 Å². The lowest BCUT2D eigenvalue weighted by atomic mass is 9.95. The van der Waals surface area contributed by atoms with Gasteiger partial charge in [-0.15, -0.1) is 0 Å². The summed E-state index contributed by atoms with van der Waals surface area (Å²) >= 11 is 0. The Labute approximate surface area is 97.6 Å². The molecule has 0 aromatic rings. The molecule has 0 aliphatic carbocycles. The van der Waals surface area contributed by atoms with Crippen LogP contribution in [0.25, 0.3) is 0 Å². The van der Waals surface area contributed by atoms with E-state index in [-0.39, 0.29) is 13.2 Å². The van der Waals surface area contributed by atoms with Crippen LogP contribution in [0.1, 0.15) is 20.3 Å². The fourth-order valence-corrected chi connectivity index (χ4v) is 1.48. The summed E-state index contributed by atoms with van der Waals surface area (Å²) in [5, 5.41) is 10.00. The molecule has 0 saturated carbocycles. The number of hydrogen-bond donors (Lipinski definition) is 1. The molecule has 1 fully saturated rings. The van der Waals surface area contributed by atoms with Crippen LogP contribution in [0.3, 0.4) is 0 Å². The van der Waals surface area contributed by atoms with E-state index in [1.54, 1.807) is 6.92 Å². The van der Waals surface area contributed by atoms with Gasteiger partial charge in [0.05, 0.1) is 19.6 Å². The predicted octanol–water partition coefficient (Wildman–Crippen LogP) is -0.841. The highest BCUT2D eigenvalue weighted by Crippen LogP contribution is 2.29. The second-order valence-corrected chi connectivity index (χ2v) is 3.44. The van der Waals surface area contributed by atoms with Crippen molar-refractivity contribution in [3.63, 3.8) is 0 Å². The van der Waals surface area contributed by atoms with Gasteiger partial charge in [0.2, 0.25) is 11.7 Å². The summed E-state index contributed by atoms with van der Waals surface area (Å²) in [5.41, 5.74) is -2.29. The van der Waals surface area contributed by atoms with E-state index in [4.69, 9.17) is 0 Å². The number of carbonyl (C=O) groups excluding carboxylic acids is 3. The van der Waals surface area contributed by atoms with Crippen molar-refractivity contribution in [3.05, 3.63) is 0 Å². The quantitative estimate of drug-likeness (QED) is 0.510. The smallest absolute Gasteiger partial charge is 0.351 e. The molecule has 1 rings (SSSR count). The molecule has 1 aliphatic heterocycles. The lowest BCUT2D eigenvalue weighted by Gasteiger charge is -2.22. The maximum Gasteiger partial charge on any atom is 0.351 e. The third-order valence-electron chi connectivity index (χ3n) is 2.23. The molecule has 0 radical (unpaired) electrons. The Morgan fingerprint density at radius 1 is 1.41 bits per heavy atom. The van der Waals surface area contributed by atoms with Crippen LogP contribution in [0, 0.1) is 0 Å². The van der Waals surface area contributed by atoms with Crippen LogP contribution in [-0.2, 0) is 28.6 Å². The van der Waals surface area contributed by atoms with E-state index in [1.807, 2.05) is 0 Å². The molecule has 1 N–H and O–H groups in total. The van der Waals surface area contributed by atoms with Crippen LogP contribution in [-0.4, -0.2) is 47.9 Å². The number of esters is 3. The Morgan fingerprint density at radius 3 is 2.53 bits per heavy atom. The normalized spacial score (nSPS) is 27.5. The van der Waals surface area contributed by atoms with Gasteiger partial charge in [-0.25, -0.2) is 9.59 Å². The first-order chi connectivity index (χ1) is 7.95. The molecule has 0 unspecified atom stereocenters. The van der Waals surface area contributed by atoms with E-state index in [9.17, 15) is 19.5 Å². The first-order valence-corrected chi connectivity index (χ1v) is 5.21. The van der Waals surface area contributed by atoms with E-state index in [2.05, 4.69) is 14.2 Å². The Morgan fingerprint density at radius 2 is 2.00 bits per heavy atom. The standard InChI is InChI=1S/C10H14O7/c1-3-15-8(12)7-10(14,5-6(11)17-7)9(13)16-4-2/h7,14H,3-5H2,1-2H3/t7-,10-/m0/s1. The van der Waals surface area contributed by atoms with E-state index in [1.165, 1.54) is 6.92 Å². The summed E-state index contributed by atoms with van der Waals surface area (Å²) in [6.07, 6.45) is -2.27. The molecule has 1 heterocycles. The highest BCUT2D eigenvalue weighted by Gasteiger charge is 2.59. The molecule has 7 heteroatoms. The second-order valence-electron chi connectivity index (χ2n) is 3.44. The maximum atomic E-state index is 11.5. The van der Waals surface area contributed by atoms with Crippen molar-refractivity contribution in [3.8, 4) is 0 Å². The van der Waals surface area contributed by atoms with E-state index in [0.29, 0.717) is 0 Å². The van der Waals surface area contributed by atoms with Crippen LogP contribution in [0.2, 0.25) is 0 Å². The Balaban J connectivity index is 2.90. The minimum atomic E-state index is -2.29. The maximum absolute atomic E-state index is 11.5. The Hall–Kier alpha value is -1.63. The minimum Gasteiger partial charge on any atom is -0.464 e. The molecule has 7 nitrogen and oxygen atoms in total. The van der Waals surface area contributed by atoms with Crippen LogP contribution in [0.4, 0.5) is 0 Å². The van der Waals surface area contributed by atoms with Crippen LogP contribution >= 0.6 is 0 Å². The number of ether oxygens (including phenoxy) is 3. The predicted molar refractivity (Wildman–Crippen MR) is 52.7 cm³/mol. The van der Waals surface area contributed by atoms with Gasteiger partial charge in [-0.05, 0) is 13.8 Å². The monoisotopic (exact) mass is 246 g/mol. The van der Waals surface area contributed by atoms with Crippen LogP contribution in [0.5, 0.6) is 0 Å². The van der Waals surface area contributed by atoms with Gasteiger partial charge in [0, 0.05) is 0 Å². The molecule has 2 atom stereocenters. The summed E-state index contributed by atoms with van der Waals surface area (Å²) in [4.78, 5) is 34.1. The zero-order valence-corrected chi connectivity index (χ0v) is 9.60. The SMILES string of the molecule is CCOC(=O)[C@@H]1OC(=O)C[C@@]1(O)C(=O)OCC. The van der Waals surface area contributed by atoms with Gasteiger partial charge in [0.25, 0.3) is 0 Å². The Kier molecular flexibility index (Phi) is 4.06. The summed E-state index contributed by atoms with van der Waals surface area (Å²) in [7, 11) is 0. The van der Waals surface area contributed by atoms with Gasteiger partial charge in [-0.1, -0.05) is 0 Å². The average Bonchev–Trinajstić information content (AvgIpc) is 2.56. The number of rotatable bonds is 4. The summed E-state index contributed by atoms with van der Waals surface area (Å²) in [5.74, 6) is -2.88. The van der Waals surface area contributed by atoms with E-state index >= 15 is 0 Å². The van der Waals surface area contributed by atoms with Crippen molar-refractivity contribution in [1.82, 2.24) is 0 Å². The van der Waals surface area contributed by atoms with Crippen LogP contribution in [0.15, 0.2) is 0 Å². The fourth-order valence-electron chi connectivity index (χ4n) is 1.48. The average molecular weight is 246 g/mol. The molecule has 1 saturated heterocycles. The molecule has 0 aromatic heterocycles. The molecular weight excluding hydrogens is 232 g/mol. The number of carbonyl (C=O) groups is 3. The van der Waals surface area contributed by atoms with Gasteiger partial charge >= 0.3 is 17.9 Å². The van der Waals surface area contributed by atoms with Crippen LogP contribution < -0.4 is 0 Å². The van der Waals surface area contributed by atoms with Crippen molar-refractivity contribution in [1.29, 1.82) is 0 Å². The van der Waals surface area contributed by atoms with Gasteiger partial charge in [0.1, 0.15) is 0 Å². The van der Waals surface area contributed by atoms with Crippen molar-refractivity contribution in [2.45, 2.75) is 32.0 Å². The van der Waals surface area contributed by atoms with Gasteiger partial charge in [-0.3, -0.25) is 4.79 Å². The van der Waals surface area contributed by atoms with E-state index < -0.39 is 36.0 Å². The number of cyclic esters (lactones) is 1. The molecule has 0 spiro atoms.